The van der Waals surface area contributed by atoms with Gasteiger partial charge >= 0.3 is 5.97 Å². The van der Waals surface area contributed by atoms with Gasteiger partial charge in [0, 0.05) is 24.7 Å². The Hall–Kier alpha value is -2.83. The van der Waals surface area contributed by atoms with Crippen molar-refractivity contribution in [2.24, 2.45) is 7.05 Å². The predicted molar refractivity (Wildman–Crippen MR) is 113 cm³/mol. The molecule has 0 aliphatic heterocycles. The van der Waals surface area contributed by atoms with Crippen LogP contribution < -0.4 is 0 Å². The number of furan rings is 1. The highest BCUT2D eigenvalue weighted by atomic mass is 16.5. The second-order valence-electron chi connectivity index (χ2n) is 7.58. The molecule has 0 aliphatic carbocycles. The zero-order valence-corrected chi connectivity index (χ0v) is 18.8. The molecule has 0 saturated carbocycles. The SMILES string of the molecule is CCCCCC(=O)N(Cc1ccco1)[C@@H](C)C(=O)c1c(C)c(C(=O)OC)n(C)c1C. The molecule has 2 aromatic rings. The smallest absolute Gasteiger partial charge is 0.354 e. The number of esters is 1. The maximum absolute atomic E-state index is 13.5. The fourth-order valence-electron chi connectivity index (χ4n) is 3.76. The highest BCUT2D eigenvalue weighted by Gasteiger charge is 2.32. The normalized spacial score (nSPS) is 11.9. The minimum absolute atomic E-state index is 0.0832. The third kappa shape index (κ3) is 4.83. The number of ketones is 1. The molecule has 0 unspecified atom stereocenters. The van der Waals surface area contributed by atoms with E-state index in [1.165, 1.54) is 7.11 Å². The third-order valence-electron chi connectivity index (χ3n) is 5.62. The first kappa shape index (κ1) is 23.4. The van der Waals surface area contributed by atoms with Crippen LogP contribution in [0.4, 0.5) is 0 Å². The van der Waals surface area contributed by atoms with E-state index >= 15 is 0 Å². The Morgan fingerprint density at radius 1 is 1.23 bits per heavy atom. The van der Waals surface area contributed by atoms with Crippen molar-refractivity contribution in [3.8, 4) is 0 Å². The molecule has 7 nitrogen and oxygen atoms in total. The maximum atomic E-state index is 13.5. The number of rotatable bonds is 10. The molecular formula is C23H32N2O5. The van der Waals surface area contributed by atoms with Gasteiger partial charge in [-0.05, 0) is 44.9 Å². The Balaban J connectivity index is 2.37. The van der Waals surface area contributed by atoms with Gasteiger partial charge in [0.2, 0.25) is 5.91 Å². The van der Waals surface area contributed by atoms with Gasteiger partial charge in [0.05, 0.1) is 26.0 Å². The van der Waals surface area contributed by atoms with Crippen LogP contribution in [0, 0.1) is 13.8 Å². The number of nitrogens with zero attached hydrogens (tertiary/aromatic N) is 2. The fourth-order valence-corrected chi connectivity index (χ4v) is 3.76. The molecule has 2 aromatic heterocycles. The van der Waals surface area contributed by atoms with Crippen LogP contribution in [0.5, 0.6) is 0 Å². The van der Waals surface area contributed by atoms with E-state index in [9.17, 15) is 14.4 Å². The number of Topliss-reactive ketones (excluding diaryl/α,β-unsaturated/α-hetero) is 1. The molecule has 164 valence electrons. The highest BCUT2D eigenvalue weighted by Crippen LogP contribution is 2.25. The zero-order chi connectivity index (χ0) is 22.4. The highest BCUT2D eigenvalue weighted by molar-refractivity contribution is 6.06. The van der Waals surface area contributed by atoms with Gasteiger partial charge in [0.25, 0.3) is 0 Å². The molecule has 0 saturated heterocycles. The topological polar surface area (TPSA) is 81.8 Å². The molecule has 0 fully saturated rings. The molecule has 0 aromatic carbocycles. The summed E-state index contributed by atoms with van der Waals surface area (Å²) in [5.74, 6) is -0.158. The number of aromatic nitrogens is 1. The van der Waals surface area contributed by atoms with Gasteiger partial charge in [0.1, 0.15) is 11.5 Å². The Bertz CT molecular complexity index is 895. The Morgan fingerprint density at radius 2 is 1.93 bits per heavy atom. The fraction of sp³-hybridized carbons (Fsp3) is 0.522. The molecular weight excluding hydrogens is 384 g/mol. The molecule has 0 spiro atoms. The van der Waals surface area contributed by atoms with Gasteiger partial charge in [-0.15, -0.1) is 0 Å². The van der Waals surface area contributed by atoms with Crippen molar-refractivity contribution in [3.63, 3.8) is 0 Å². The lowest BCUT2D eigenvalue weighted by Crippen LogP contribution is -2.43. The van der Waals surface area contributed by atoms with Crippen molar-refractivity contribution in [1.82, 2.24) is 9.47 Å². The first-order valence-corrected chi connectivity index (χ1v) is 10.3. The minimum Gasteiger partial charge on any atom is -0.467 e. The number of hydrogen-bond acceptors (Lipinski definition) is 5. The van der Waals surface area contributed by atoms with Crippen molar-refractivity contribution in [3.05, 3.63) is 46.7 Å². The lowest BCUT2D eigenvalue weighted by Gasteiger charge is -2.28. The van der Waals surface area contributed by atoms with Crippen LogP contribution in [-0.4, -0.2) is 40.3 Å². The maximum Gasteiger partial charge on any atom is 0.354 e. The summed E-state index contributed by atoms with van der Waals surface area (Å²) in [4.78, 5) is 40.2. The van der Waals surface area contributed by atoms with Gasteiger partial charge < -0.3 is 18.6 Å². The van der Waals surface area contributed by atoms with Crippen molar-refractivity contribution in [1.29, 1.82) is 0 Å². The lowest BCUT2D eigenvalue weighted by molar-refractivity contribution is -0.133. The Labute approximate surface area is 178 Å². The van der Waals surface area contributed by atoms with Crippen LogP contribution in [0.2, 0.25) is 0 Å². The predicted octanol–water partition coefficient (Wildman–Crippen LogP) is 4.20. The van der Waals surface area contributed by atoms with Crippen molar-refractivity contribution in [2.75, 3.05) is 7.11 Å². The molecule has 0 aliphatic rings. The molecule has 0 bridgehead atoms. The Kier molecular flexibility index (Phi) is 8.03. The van der Waals surface area contributed by atoms with E-state index in [-0.39, 0.29) is 18.2 Å². The van der Waals surface area contributed by atoms with Crippen molar-refractivity contribution < 1.29 is 23.5 Å². The zero-order valence-electron chi connectivity index (χ0n) is 18.8. The number of ether oxygens (including phenoxy) is 1. The van der Waals surface area contributed by atoms with Crippen LogP contribution in [-0.2, 0) is 23.1 Å². The van der Waals surface area contributed by atoms with E-state index in [2.05, 4.69) is 6.92 Å². The van der Waals surface area contributed by atoms with Gasteiger partial charge in [-0.25, -0.2) is 4.79 Å². The van der Waals surface area contributed by atoms with E-state index in [0.29, 0.717) is 34.7 Å². The van der Waals surface area contributed by atoms with Crippen LogP contribution in [0.15, 0.2) is 22.8 Å². The van der Waals surface area contributed by atoms with Crippen LogP contribution in [0.3, 0.4) is 0 Å². The summed E-state index contributed by atoms with van der Waals surface area (Å²) >= 11 is 0. The first-order chi connectivity index (χ1) is 14.2. The monoisotopic (exact) mass is 416 g/mol. The van der Waals surface area contributed by atoms with E-state index < -0.39 is 12.0 Å². The standard InChI is InChI=1S/C23H32N2O5/c1-7-8-9-12-19(26)25(14-18-11-10-13-30-18)17(4)22(27)20-15(2)21(23(28)29-6)24(5)16(20)3/h10-11,13,17H,7-9,12,14H2,1-6H3/t17-/m0/s1. The van der Waals surface area contributed by atoms with E-state index in [4.69, 9.17) is 9.15 Å². The summed E-state index contributed by atoms with van der Waals surface area (Å²) in [5.41, 5.74) is 2.03. The van der Waals surface area contributed by atoms with Gasteiger partial charge in [-0.3, -0.25) is 9.59 Å². The molecule has 7 heteroatoms. The third-order valence-corrected chi connectivity index (χ3v) is 5.62. The quantitative estimate of drug-likeness (QED) is 0.329. The minimum atomic E-state index is -0.700. The summed E-state index contributed by atoms with van der Waals surface area (Å²) in [6.07, 6.45) is 4.68. The number of amides is 1. The number of methoxy groups -OCH3 is 1. The largest absolute Gasteiger partial charge is 0.467 e. The molecule has 2 rings (SSSR count). The average molecular weight is 417 g/mol. The van der Waals surface area contributed by atoms with Crippen LogP contribution in [0.25, 0.3) is 0 Å². The molecule has 2 heterocycles. The first-order valence-electron chi connectivity index (χ1n) is 10.3. The molecule has 0 N–H and O–H groups in total. The Morgan fingerprint density at radius 3 is 2.50 bits per heavy atom. The summed E-state index contributed by atoms with van der Waals surface area (Å²) < 4.78 is 12.0. The number of hydrogen-bond donors (Lipinski definition) is 0. The van der Waals surface area contributed by atoms with Gasteiger partial charge in [-0.2, -0.15) is 0 Å². The van der Waals surface area contributed by atoms with E-state index in [1.807, 2.05) is 0 Å². The van der Waals surface area contributed by atoms with Gasteiger partial charge in [-0.1, -0.05) is 19.8 Å². The van der Waals surface area contributed by atoms with E-state index in [0.717, 1.165) is 19.3 Å². The summed E-state index contributed by atoms with van der Waals surface area (Å²) in [7, 11) is 3.04. The number of carbonyl (C=O) groups is 3. The molecule has 1 amide bonds. The number of unbranched alkanes of at least 4 members (excludes halogenated alkanes) is 2. The van der Waals surface area contributed by atoms with Gasteiger partial charge in [0.15, 0.2) is 5.78 Å². The van der Waals surface area contributed by atoms with Crippen LogP contribution in [0.1, 0.15) is 77.4 Å². The van der Waals surface area contributed by atoms with E-state index in [1.54, 1.807) is 55.7 Å². The van der Waals surface area contributed by atoms with Crippen LogP contribution >= 0.6 is 0 Å². The summed E-state index contributed by atoms with van der Waals surface area (Å²) in [6.45, 7) is 7.56. The average Bonchev–Trinajstić information content (AvgIpc) is 3.31. The summed E-state index contributed by atoms with van der Waals surface area (Å²) in [5, 5.41) is 0. The second-order valence-corrected chi connectivity index (χ2v) is 7.58. The number of carbonyl (C=O) groups excluding carboxylic acids is 3. The molecule has 30 heavy (non-hydrogen) atoms. The lowest BCUT2D eigenvalue weighted by atomic mass is 9.99. The van der Waals surface area contributed by atoms with Crippen molar-refractivity contribution in [2.45, 2.75) is 66.0 Å². The molecule has 1 atom stereocenters. The molecule has 0 radical (unpaired) electrons. The van der Waals surface area contributed by atoms with Crippen molar-refractivity contribution >= 4 is 17.7 Å². The second kappa shape index (κ2) is 10.3. The summed E-state index contributed by atoms with van der Waals surface area (Å²) in [6, 6.07) is 2.85.